The van der Waals surface area contributed by atoms with Gasteiger partial charge in [0.1, 0.15) is 5.00 Å². The number of nitrogens with zero attached hydrogens (tertiary/aromatic N) is 1. The van der Waals surface area contributed by atoms with Gasteiger partial charge in [-0.2, -0.15) is 0 Å². The number of amides is 1. The quantitative estimate of drug-likeness (QED) is 0.833. The van der Waals surface area contributed by atoms with Crippen LogP contribution in [0.1, 0.15) is 40.6 Å². The normalized spacial score (nSPS) is 14.5. The second-order valence-electron chi connectivity index (χ2n) is 5.24. The summed E-state index contributed by atoms with van der Waals surface area (Å²) in [7, 11) is 0. The van der Waals surface area contributed by atoms with E-state index in [1.165, 1.54) is 11.3 Å². The lowest BCUT2D eigenvalue weighted by molar-refractivity contribution is -0.117. The highest BCUT2D eigenvalue weighted by Gasteiger charge is 2.23. The number of thiophene rings is 1. The third-order valence-electron chi connectivity index (χ3n) is 3.68. The molecule has 0 bridgehead atoms. The van der Waals surface area contributed by atoms with Gasteiger partial charge in [-0.3, -0.25) is 9.69 Å². The largest absolute Gasteiger partial charge is 0.462 e. The van der Waals surface area contributed by atoms with Gasteiger partial charge in [-0.15, -0.1) is 23.7 Å². The van der Waals surface area contributed by atoms with E-state index < -0.39 is 0 Å². The van der Waals surface area contributed by atoms with E-state index in [9.17, 15) is 9.59 Å². The fourth-order valence-electron chi connectivity index (χ4n) is 2.47. The van der Waals surface area contributed by atoms with Crippen molar-refractivity contribution in [2.45, 2.75) is 33.6 Å². The first-order valence-corrected chi connectivity index (χ1v) is 8.14. The van der Waals surface area contributed by atoms with Gasteiger partial charge in [0.25, 0.3) is 0 Å². The summed E-state index contributed by atoms with van der Waals surface area (Å²) < 4.78 is 5.08. The van der Waals surface area contributed by atoms with Gasteiger partial charge in [0, 0.05) is 4.88 Å². The lowest BCUT2D eigenvalue weighted by Crippen LogP contribution is -2.31. The molecule has 5 nitrogen and oxygen atoms in total. The average Bonchev–Trinajstić information content (AvgIpc) is 2.99. The molecule has 1 fully saturated rings. The minimum absolute atomic E-state index is 0. The van der Waals surface area contributed by atoms with Crippen molar-refractivity contribution in [2.75, 3.05) is 31.6 Å². The lowest BCUT2D eigenvalue weighted by atomic mass is 10.1. The molecule has 0 aliphatic carbocycles. The highest BCUT2D eigenvalue weighted by atomic mass is 35.5. The fraction of sp³-hybridized carbons (Fsp3) is 0.600. The number of hydrogen-bond donors (Lipinski definition) is 1. The van der Waals surface area contributed by atoms with Gasteiger partial charge in [-0.05, 0) is 52.3 Å². The van der Waals surface area contributed by atoms with E-state index in [1.807, 2.05) is 13.8 Å². The smallest absolute Gasteiger partial charge is 0.341 e. The molecule has 124 valence electrons. The summed E-state index contributed by atoms with van der Waals surface area (Å²) in [4.78, 5) is 27.3. The van der Waals surface area contributed by atoms with E-state index in [0.29, 0.717) is 23.7 Å². The van der Waals surface area contributed by atoms with Crippen molar-refractivity contribution in [3.63, 3.8) is 0 Å². The molecule has 7 heteroatoms. The molecular weight excluding hydrogens is 324 g/mol. The van der Waals surface area contributed by atoms with Crippen LogP contribution in [-0.2, 0) is 9.53 Å². The van der Waals surface area contributed by atoms with Crippen LogP contribution in [-0.4, -0.2) is 43.0 Å². The van der Waals surface area contributed by atoms with E-state index in [1.54, 1.807) is 6.92 Å². The zero-order valence-corrected chi connectivity index (χ0v) is 14.9. The van der Waals surface area contributed by atoms with Crippen LogP contribution in [0.5, 0.6) is 0 Å². The topological polar surface area (TPSA) is 58.6 Å². The summed E-state index contributed by atoms with van der Waals surface area (Å²) >= 11 is 1.43. The average molecular weight is 347 g/mol. The van der Waals surface area contributed by atoms with Gasteiger partial charge in [0.15, 0.2) is 0 Å². The molecule has 0 aromatic carbocycles. The van der Waals surface area contributed by atoms with Gasteiger partial charge in [0.05, 0.1) is 18.7 Å². The zero-order valence-electron chi connectivity index (χ0n) is 13.2. The van der Waals surface area contributed by atoms with Crippen molar-refractivity contribution in [1.29, 1.82) is 0 Å². The monoisotopic (exact) mass is 346 g/mol. The Morgan fingerprint density at radius 3 is 2.50 bits per heavy atom. The number of rotatable bonds is 5. The number of halogens is 1. The Labute approximate surface area is 141 Å². The van der Waals surface area contributed by atoms with Crippen LogP contribution < -0.4 is 5.32 Å². The Morgan fingerprint density at radius 1 is 1.27 bits per heavy atom. The Bertz CT molecular complexity index is 539. The number of hydrogen-bond acceptors (Lipinski definition) is 5. The molecule has 1 aliphatic rings. The van der Waals surface area contributed by atoms with Crippen LogP contribution in [0, 0.1) is 13.8 Å². The number of aryl methyl sites for hydroxylation is 1. The van der Waals surface area contributed by atoms with Crippen molar-refractivity contribution in [3.05, 3.63) is 16.0 Å². The fourth-order valence-corrected chi connectivity index (χ4v) is 3.54. The van der Waals surface area contributed by atoms with Gasteiger partial charge in [0.2, 0.25) is 5.91 Å². The maximum Gasteiger partial charge on any atom is 0.341 e. The summed E-state index contributed by atoms with van der Waals surface area (Å²) in [6.45, 7) is 8.26. The molecule has 1 N–H and O–H groups in total. The minimum Gasteiger partial charge on any atom is -0.462 e. The zero-order chi connectivity index (χ0) is 15.4. The standard InChI is InChI=1S/C15H22N2O3S.ClH/c1-4-20-15(19)13-10(2)11(3)21-14(13)16-12(18)9-17-7-5-6-8-17;/h4-9H2,1-3H3,(H,16,18);1H. The van der Waals surface area contributed by atoms with Gasteiger partial charge >= 0.3 is 5.97 Å². The summed E-state index contributed by atoms with van der Waals surface area (Å²) in [6.07, 6.45) is 2.30. The van der Waals surface area contributed by atoms with Crippen LogP contribution in [0.25, 0.3) is 0 Å². The second-order valence-corrected chi connectivity index (χ2v) is 6.46. The minimum atomic E-state index is -0.365. The van der Waals surface area contributed by atoms with E-state index in [2.05, 4.69) is 10.2 Å². The van der Waals surface area contributed by atoms with Crippen molar-refractivity contribution in [3.8, 4) is 0 Å². The molecule has 2 heterocycles. The van der Waals surface area contributed by atoms with E-state index in [0.717, 1.165) is 36.4 Å². The molecule has 1 aromatic rings. The Hall–Kier alpha value is -1.11. The molecule has 1 aromatic heterocycles. The summed E-state index contributed by atoms with van der Waals surface area (Å²) in [5.74, 6) is -0.431. The molecule has 1 aliphatic heterocycles. The maximum atomic E-state index is 12.1. The number of nitrogens with one attached hydrogen (secondary N) is 1. The Kier molecular flexibility index (Phi) is 7.32. The van der Waals surface area contributed by atoms with E-state index >= 15 is 0 Å². The summed E-state index contributed by atoms with van der Waals surface area (Å²) in [5, 5.41) is 3.48. The second kappa shape index (κ2) is 8.50. The van der Waals surface area contributed by atoms with Gasteiger partial charge < -0.3 is 10.1 Å². The molecule has 0 atom stereocenters. The first-order chi connectivity index (χ1) is 10.0. The predicted molar refractivity (Wildman–Crippen MR) is 91.3 cm³/mol. The predicted octanol–water partition coefficient (Wildman–Crippen LogP) is 3.00. The highest BCUT2D eigenvalue weighted by Crippen LogP contribution is 2.33. The summed E-state index contributed by atoms with van der Waals surface area (Å²) in [6, 6.07) is 0. The lowest BCUT2D eigenvalue weighted by Gasteiger charge is -2.14. The molecule has 0 unspecified atom stereocenters. The van der Waals surface area contributed by atoms with Crippen LogP contribution >= 0.6 is 23.7 Å². The van der Waals surface area contributed by atoms with Crippen LogP contribution in [0.3, 0.4) is 0 Å². The number of anilines is 1. The van der Waals surface area contributed by atoms with Crippen LogP contribution in [0.15, 0.2) is 0 Å². The van der Waals surface area contributed by atoms with E-state index in [4.69, 9.17) is 4.74 Å². The number of carbonyl (C=O) groups is 2. The van der Waals surface area contributed by atoms with Gasteiger partial charge in [-0.25, -0.2) is 4.79 Å². The summed E-state index contributed by atoms with van der Waals surface area (Å²) in [5.41, 5.74) is 1.38. The molecule has 2 rings (SSSR count). The number of carbonyl (C=O) groups excluding carboxylic acids is 2. The third kappa shape index (κ3) is 4.44. The van der Waals surface area contributed by atoms with Crippen molar-refractivity contribution >= 4 is 40.6 Å². The molecule has 0 radical (unpaired) electrons. The Morgan fingerprint density at radius 2 is 1.91 bits per heavy atom. The van der Waals surface area contributed by atoms with Crippen molar-refractivity contribution < 1.29 is 14.3 Å². The first-order valence-electron chi connectivity index (χ1n) is 7.32. The third-order valence-corrected chi connectivity index (χ3v) is 4.81. The van der Waals surface area contributed by atoms with E-state index in [-0.39, 0.29) is 24.3 Å². The number of ether oxygens (including phenoxy) is 1. The molecule has 0 saturated carbocycles. The van der Waals surface area contributed by atoms with Crippen LogP contribution in [0.2, 0.25) is 0 Å². The van der Waals surface area contributed by atoms with Crippen molar-refractivity contribution in [1.82, 2.24) is 4.90 Å². The number of likely N-dealkylation sites (tertiary alicyclic amines) is 1. The molecule has 0 spiro atoms. The Balaban J connectivity index is 0.00000242. The molecular formula is C15H23ClN2O3S. The molecule has 1 amide bonds. The molecule has 1 saturated heterocycles. The van der Waals surface area contributed by atoms with Crippen LogP contribution in [0.4, 0.5) is 5.00 Å². The first kappa shape index (κ1) is 18.9. The van der Waals surface area contributed by atoms with Gasteiger partial charge in [-0.1, -0.05) is 0 Å². The van der Waals surface area contributed by atoms with Crippen molar-refractivity contribution in [2.24, 2.45) is 0 Å². The highest BCUT2D eigenvalue weighted by molar-refractivity contribution is 7.16. The SMILES string of the molecule is CCOC(=O)c1c(NC(=O)CN2CCCC2)sc(C)c1C.Cl. The maximum absolute atomic E-state index is 12.1. The molecule has 22 heavy (non-hydrogen) atoms. The number of esters is 1.